The number of methoxy groups -OCH3 is 1. The Bertz CT molecular complexity index is 915. The molecule has 4 rings (SSSR count). The number of likely N-dealkylation sites (tertiary alicyclic amines) is 1. The summed E-state index contributed by atoms with van der Waals surface area (Å²) in [4.78, 5) is 14.9. The Morgan fingerprint density at radius 1 is 1.15 bits per heavy atom. The van der Waals surface area contributed by atoms with Crippen molar-refractivity contribution in [2.75, 3.05) is 13.7 Å². The lowest BCUT2D eigenvalue weighted by molar-refractivity contribution is -0.132. The summed E-state index contributed by atoms with van der Waals surface area (Å²) in [7, 11) is 1.68. The molecule has 1 amide bonds. The minimum absolute atomic E-state index is 0.166. The molecule has 1 fully saturated rings. The number of hydrogen-bond acceptors (Lipinski definition) is 2. The van der Waals surface area contributed by atoms with Gasteiger partial charge in [-0.1, -0.05) is 30.3 Å². The molecule has 0 aliphatic carbocycles. The van der Waals surface area contributed by atoms with Gasteiger partial charge in [-0.15, -0.1) is 0 Å². The van der Waals surface area contributed by atoms with Crippen LogP contribution in [0.1, 0.15) is 30.9 Å². The number of aromatic nitrogens is 1. The average Bonchev–Trinajstić information content (AvgIpc) is 3.33. The van der Waals surface area contributed by atoms with E-state index in [1.165, 1.54) is 16.5 Å². The lowest BCUT2D eigenvalue weighted by Crippen LogP contribution is -2.31. The molecular weight excluding hydrogens is 324 g/mol. The smallest absolute Gasteiger partial charge is 0.224 e. The summed E-state index contributed by atoms with van der Waals surface area (Å²) in [5.41, 5.74) is 2.35. The van der Waals surface area contributed by atoms with E-state index in [4.69, 9.17) is 4.74 Å². The number of carbonyl (C=O) groups is 1. The van der Waals surface area contributed by atoms with Crippen LogP contribution >= 0.6 is 0 Å². The van der Waals surface area contributed by atoms with Gasteiger partial charge in [-0.25, -0.2) is 0 Å². The van der Waals surface area contributed by atoms with Gasteiger partial charge >= 0.3 is 0 Å². The first-order chi connectivity index (χ1) is 12.8. The highest BCUT2D eigenvalue weighted by molar-refractivity contribution is 5.81. The number of benzene rings is 2. The van der Waals surface area contributed by atoms with E-state index in [1.807, 2.05) is 29.2 Å². The van der Waals surface area contributed by atoms with E-state index in [-0.39, 0.29) is 11.9 Å². The summed E-state index contributed by atoms with van der Waals surface area (Å²) >= 11 is 0. The normalized spacial score (nSPS) is 17.0. The summed E-state index contributed by atoms with van der Waals surface area (Å²) in [5.74, 6) is 1.08. The molecule has 3 aromatic rings. The lowest BCUT2D eigenvalue weighted by Gasteiger charge is -2.25. The lowest BCUT2D eigenvalue weighted by atomic mass is 10.0. The maximum atomic E-state index is 12.9. The van der Waals surface area contributed by atoms with E-state index < -0.39 is 0 Å². The zero-order valence-electron chi connectivity index (χ0n) is 15.1. The quantitative estimate of drug-likeness (QED) is 0.685. The van der Waals surface area contributed by atoms with Gasteiger partial charge in [0, 0.05) is 31.2 Å². The van der Waals surface area contributed by atoms with Gasteiger partial charge in [0.05, 0.1) is 13.2 Å². The first-order valence-electron chi connectivity index (χ1n) is 9.23. The van der Waals surface area contributed by atoms with Crippen molar-refractivity contribution in [2.45, 2.75) is 31.8 Å². The molecular formula is C22H24N2O2. The van der Waals surface area contributed by atoms with Crippen LogP contribution in [0.25, 0.3) is 10.9 Å². The molecule has 1 atom stereocenters. The van der Waals surface area contributed by atoms with E-state index in [0.717, 1.165) is 25.1 Å². The van der Waals surface area contributed by atoms with Crippen LogP contribution < -0.4 is 4.74 Å². The van der Waals surface area contributed by atoms with E-state index in [1.54, 1.807) is 7.11 Å². The van der Waals surface area contributed by atoms with Crippen LogP contribution in [-0.4, -0.2) is 29.0 Å². The van der Waals surface area contributed by atoms with Gasteiger partial charge < -0.3 is 14.2 Å². The molecule has 0 N–H and O–H groups in total. The Hall–Kier alpha value is -2.75. The van der Waals surface area contributed by atoms with Crippen molar-refractivity contribution >= 4 is 16.8 Å². The molecule has 1 unspecified atom stereocenters. The van der Waals surface area contributed by atoms with Crippen molar-refractivity contribution in [3.8, 4) is 5.75 Å². The van der Waals surface area contributed by atoms with Crippen LogP contribution in [0.2, 0.25) is 0 Å². The van der Waals surface area contributed by atoms with E-state index in [9.17, 15) is 4.79 Å². The minimum Gasteiger partial charge on any atom is -0.497 e. The van der Waals surface area contributed by atoms with Crippen LogP contribution in [0, 0.1) is 0 Å². The largest absolute Gasteiger partial charge is 0.497 e. The van der Waals surface area contributed by atoms with Crippen molar-refractivity contribution in [1.29, 1.82) is 0 Å². The van der Waals surface area contributed by atoms with E-state index in [2.05, 4.69) is 41.1 Å². The first kappa shape index (κ1) is 16.7. The van der Waals surface area contributed by atoms with Gasteiger partial charge in [0.1, 0.15) is 5.75 Å². The van der Waals surface area contributed by atoms with Crippen LogP contribution in [0.5, 0.6) is 5.75 Å². The number of fused-ring (bicyclic) bond motifs is 1. The van der Waals surface area contributed by atoms with E-state index >= 15 is 0 Å². The zero-order chi connectivity index (χ0) is 17.9. The fourth-order valence-electron chi connectivity index (χ4n) is 3.96. The second-order valence-electron chi connectivity index (χ2n) is 6.84. The van der Waals surface area contributed by atoms with Gasteiger partial charge in [0.15, 0.2) is 0 Å². The van der Waals surface area contributed by atoms with Crippen LogP contribution in [-0.2, 0) is 11.3 Å². The average molecular weight is 348 g/mol. The van der Waals surface area contributed by atoms with Crippen molar-refractivity contribution in [3.05, 3.63) is 66.4 Å². The Morgan fingerprint density at radius 3 is 2.92 bits per heavy atom. The molecule has 0 spiro atoms. The SMILES string of the molecule is COc1cccc(C2CCCN2C(=O)CCn2ccc3ccccc32)c1. The number of ether oxygens (including phenoxy) is 1. The number of carbonyl (C=O) groups excluding carboxylic acids is 1. The van der Waals surface area contributed by atoms with Crippen molar-refractivity contribution in [2.24, 2.45) is 0 Å². The fourth-order valence-corrected chi connectivity index (χ4v) is 3.96. The number of amides is 1. The van der Waals surface area contributed by atoms with Gasteiger partial charge in [-0.2, -0.15) is 0 Å². The molecule has 2 aromatic carbocycles. The monoisotopic (exact) mass is 348 g/mol. The number of rotatable bonds is 5. The molecule has 4 nitrogen and oxygen atoms in total. The Balaban J connectivity index is 1.46. The van der Waals surface area contributed by atoms with Gasteiger partial charge in [0.2, 0.25) is 5.91 Å². The highest BCUT2D eigenvalue weighted by Gasteiger charge is 2.29. The highest BCUT2D eigenvalue weighted by atomic mass is 16.5. The summed E-state index contributed by atoms with van der Waals surface area (Å²) < 4.78 is 7.51. The highest BCUT2D eigenvalue weighted by Crippen LogP contribution is 2.34. The Labute approximate surface area is 154 Å². The molecule has 1 saturated heterocycles. The van der Waals surface area contributed by atoms with Gasteiger partial charge in [-0.3, -0.25) is 4.79 Å². The van der Waals surface area contributed by atoms with Gasteiger partial charge in [0.25, 0.3) is 0 Å². The fraction of sp³-hybridized carbons (Fsp3) is 0.318. The molecule has 2 heterocycles. The predicted octanol–water partition coefficient (Wildman–Crippen LogP) is 4.40. The molecule has 1 aliphatic rings. The van der Waals surface area contributed by atoms with Crippen LogP contribution in [0.4, 0.5) is 0 Å². The maximum absolute atomic E-state index is 12.9. The Morgan fingerprint density at radius 2 is 2.04 bits per heavy atom. The maximum Gasteiger partial charge on any atom is 0.224 e. The van der Waals surface area contributed by atoms with Gasteiger partial charge in [-0.05, 0) is 48.1 Å². The summed E-state index contributed by atoms with van der Waals surface area (Å²) in [5, 5.41) is 1.22. The number of hydrogen-bond donors (Lipinski definition) is 0. The summed E-state index contributed by atoms with van der Waals surface area (Å²) in [6, 6.07) is 18.7. The molecule has 0 radical (unpaired) electrons. The predicted molar refractivity (Wildman–Crippen MR) is 103 cm³/mol. The topological polar surface area (TPSA) is 34.5 Å². The second kappa shape index (κ2) is 7.24. The second-order valence-corrected chi connectivity index (χ2v) is 6.84. The third-order valence-corrected chi connectivity index (χ3v) is 5.30. The van der Waals surface area contributed by atoms with Crippen molar-refractivity contribution in [1.82, 2.24) is 9.47 Å². The molecule has 0 bridgehead atoms. The third-order valence-electron chi connectivity index (χ3n) is 5.30. The molecule has 4 heteroatoms. The van der Waals surface area contributed by atoms with Crippen LogP contribution in [0.3, 0.4) is 0 Å². The molecule has 134 valence electrons. The van der Waals surface area contributed by atoms with Crippen LogP contribution in [0.15, 0.2) is 60.8 Å². The number of nitrogens with zero attached hydrogens (tertiary/aromatic N) is 2. The molecule has 26 heavy (non-hydrogen) atoms. The number of aryl methyl sites for hydroxylation is 1. The van der Waals surface area contributed by atoms with E-state index in [0.29, 0.717) is 13.0 Å². The number of para-hydroxylation sites is 1. The summed E-state index contributed by atoms with van der Waals surface area (Å²) in [6.07, 6.45) is 4.67. The zero-order valence-corrected chi connectivity index (χ0v) is 15.1. The standard InChI is InChI=1S/C22H24N2O2/c1-26-19-8-4-7-18(16-19)21-10-5-13-24(21)22(25)12-15-23-14-11-17-6-2-3-9-20(17)23/h2-4,6-9,11,14,16,21H,5,10,12-13,15H2,1H3. The molecule has 1 aliphatic heterocycles. The minimum atomic E-state index is 0.166. The Kier molecular flexibility index (Phi) is 4.65. The molecule has 1 aromatic heterocycles. The summed E-state index contributed by atoms with van der Waals surface area (Å²) in [6.45, 7) is 1.56. The third kappa shape index (κ3) is 3.19. The van der Waals surface area contributed by atoms with Crippen molar-refractivity contribution < 1.29 is 9.53 Å². The van der Waals surface area contributed by atoms with Crippen molar-refractivity contribution in [3.63, 3.8) is 0 Å². The molecule has 0 saturated carbocycles. The first-order valence-corrected chi connectivity index (χ1v) is 9.23.